The second-order valence-electron chi connectivity index (χ2n) is 3.38. The second-order valence-corrected chi connectivity index (χ2v) is 3.83. The first-order valence-corrected chi connectivity index (χ1v) is 5.54. The second kappa shape index (κ2) is 6.08. The minimum absolute atomic E-state index is 0.0146. The zero-order valence-corrected chi connectivity index (χ0v) is 9.82. The summed E-state index contributed by atoms with van der Waals surface area (Å²) in [6, 6.07) is 4.24. The number of aliphatic hydroxyl groups excluding tert-OH is 2. The maximum absolute atomic E-state index is 13.5. The van der Waals surface area contributed by atoms with Crippen molar-refractivity contribution >= 4 is 12.6 Å². The summed E-state index contributed by atoms with van der Waals surface area (Å²) in [6.07, 6.45) is -2.08. The molecule has 2 atom stereocenters. The van der Waals surface area contributed by atoms with Crippen LogP contribution in [0.25, 0.3) is 0 Å². The molecule has 0 saturated carbocycles. The zero-order valence-electron chi connectivity index (χ0n) is 8.93. The maximum Gasteiger partial charge on any atom is 0.132 e. The van der Waals surface area contributed by atoms with Gasteiger partial charge in [0.2, 0.25) is 0 Å². The number of aliphatic hydroxyl groups is 2. The minimum atomic E-state index is -1.30. The fourth-order valence-corrected chi connectivity index (χ4v) is 1.73. The van der Waals surface area contributed by atoms with Crippen molar-refractivity contribution in [1.82, 2.24) is 0 Å². The Bertz CT molecular complexity index is 346. The van der Waals surface area contributed by atoms with Gasteiger partial charge in [-0.15, -0.1) is 0 Å². The summed E-state index contributed by atoms with van der Waals surface area (Å²) >= 11 is 3.95. The number of hydrogen-bond acceptors (Lipinski definition) is 4. The largest absolute Gasteiger partial charge is 0.496 e. The molecule has 0 spiro atoms. The molecule has 90 valence electrons. The lowest BCUT2D eigenvalue weighted by atomic mass is 10.0. The molecule has 2 N–H and O–H groups in total. The molecule has 5 heteroatoms. The van der Waals surface area contributed by atoms with Gasteiger partial charge in [0, 0.05) is 0 Å². The highest BCUT2D eigenvalue weighted by atomic mass is 32.1. The Hall–Kier alpha value is -0.780. The maximum atomic E-state index is 13.5. The average Bonchev–Trinajstić information content (AvgIpc) is 2.28. The van der Waals surface area contributed by atoms with Gasteiger partial charge >= 0.3 is 0 Å². The average molecular weight is 246 g/mol. The molecule has 3 nitrogen and oxygen atoms in total. The highest BCUT2D eigenvalue weighted by Gasteiger charge is 2.24. The summed E-state index contributed by atoms with van der Waals surface area (Å²) in [5, 5.41) is 19.4. The number of rotatable bonds is 5. The first kappa shape index (κ1) is 13.3. The van der Waals surface area contributed by atoms with Crippen molar-refractivity contribution in [2.45, 2.75) is 18.6 Å². The van der Waals surface area contributed by atoms with E-state index in [9.17, 15) is 14.6 Å². The third kappa shape index (κ3) is 2.87. The highest BCUT2D eigenvalue weighted by Crippen LogP contribution is 2.30. The number of thiol groups is 1. The van der Waals surface area contributed by atoms with Crippen molar-refractivity contribution in [2.24, 2.45) is 0 Å². The molecule has 1 rings (SSSR count). The number of halogens is 1. The Morgan fingerprint density at radius 2 is 2.12 bits per heavy atom. The Kier molecular flexibility index (Phi) is 5.05. The molecule has 2 unspecified atom stereocenters. The van der Waals surface area contributed by atoms with Crippen LogP contribution in [0.2, 0.25) is 0 Å². The quantitative estimate of drug-likeness (QED) is 0.691. The van der Waals surface area contributed by atoms with Gasteiger partial charge in [-0.05, 0) is 24.3 Å². The molecular weight excluding hydrogens is 231 g/mol. The van der Waals surface area contributed by atoms with Crippen molar-refractivity contribution in [3.63, 3.8) is 0 Å². The Labute approximate surface area is 99.3 Å². The van der Waals surface area contributed by atoms with Gasteiger partial charge in [0.25, 0.3) is 0 Å². The van der Waals surface area contributed by atoms with Gasteiger partial charge in [0.05, 0.1) is 18.8 Å². The number of hydrogen-bond donors (Lipinski definition) is 3. The molecular formula is C11H15FO3S. The summed E-state index contributed by atoms with van der Waals surface area (Å²) < 4.78 is 18.5. The van der Waals surface area contributed by atoms with E-state index < -0.39 is 18.0 Å². The predicted octanol–water partition coefficient (Wildman–Crippen LogP) is 1.55. The van der Waals surface area contributed by atoms with Gasteiger partial charge in [0.15, 0.2) is 0 Å². The normalized spacial score (nSPS) is 14.6. The van der Waals surface area contributed by atoms with Crippen molar-refractivity contribution in [2.75, 3.05) is 12.9 Å². The van der Waals surface area contributed by atoms with Gasteiger partial charge in [-0.2, -0.15) is 12.6 Å². The van der Waals surface area contributed by atoms with Crippen LogP contribution >= 0.6 is 12.6 Å². The number of ether oxygens (including phenoxy) is 1. The van der Waals surface area contributed by atoms with E-state index >= 15 is 0 Å². The minimum Gasteiger partial charge on any atom is -0.496 e. The van der Waals surface area contributed by atoms with Gasteiger partial charge < -0.3 is 14.9 Å². The Balaban J connectivity index is 3.01. The summed E-state index contributed by atoms with van der Waals surface area (Å²) in [5.74, 6) is 0.0467. The third-order valence-corrected chi connectivity index (χ3v) is 2.58. The standard InChI is InChI=1S/C11H15FO3S/c1-15-9-4-2-3-7(12)10(9)11(14)8(13)5-6-16/h2-4,8,11,13-14,16H,5-6H2,1H3. The Morgan fingerprint density at radius 3 is 2.69 bits per heavy atom. The van der Waals surface area contributed by atoms with Crippen LogP contribution in [0, 0.1) is 5.82 Å². The molecule has 1 aromatic carbocycles. The molecule has 1 aromatic rings. The summed E-state index contributed by atoms with van der Waals surface area (Å²) in [5.41, 5.74) is -0.0146. The van der Waals surface area contributed by atoms with Gasteiger partial charge in [0.1, 0.15) is 17.7 Å². The molecule has 16 heavy (non-hydrogen) atoms. The fourth-order valence-electron chi connectivity index (χ4n) is 1.46. The van der Waals surface area contributed by atoms with E-state index in [2.05, 4.69) is 12.6 Å². The zero-order chi connectivity index (χ0) is 12.1. The number of methoxy groups -OCH3 is 1. The van der Waals surface area contributed by atoms with Crippen LogP contribution in [0.4, 0.5) is 4.39 Å². The van der Waals surface area contributed by atoms with Gasteiger partial charge in [-0.1, -0.05) is 6.07 Å². The smallest absolute Gasteiger partial charge is 0.132 e. The Morgan fingerprint density at radius 1 is 1.44 bits per heavy atom. The number of benzene rings is 1. The molecule has 0 bridgehead atoms. The molecule has 0 aliphatic heterocycles. The van der Waals surface area contributed by atoms with Crippen molar-refractivity contribution < 1.29 is 19.3 Å². The summed E-state index contributed by atoms with van der Waals surface area (Å²) in [6.45, 7) is 0. The van der Waals surface area contributed by atoms with Crippen LogP contribution in [0.15, 0.2) is 18.2 Å². The molecule has 0 aliphatic carbocycles. The summed E-state index contributed by atoms with van der Waals surface area (Å²) in [4.78, 5) is 0. The highest BCUT2D eigenvalue weighted by molar-refractivity contribution is 7.80. The molecule has 0 heterocycles. The first-order chi connectivity index (χ1) is 7.61. The van der Waals surface area contributed by atoms with E-state index in [4.69, 9.17) is 4.74 Å². The van der Waals surface area contributed by atoms with Gasteiger partial charge in [-0.3, -0.25) is 0 Å². The van der Waals surface area contributed by atoms with E-state index in [-0.39, 0.29) is 17.7 Å². The van der Waals surface area contributed by atoms with E-state index in [1.807, 2.05) is 0 Å². The van der Waals surface area contributed by atoms with Crippen LogP contribution in [0.1, 0.15) is 18.1 Å². The lowest BCUT2D eigenvalue weighted by molar-refractivity contribution is 0.0137. The van der Waals surface area contributed by atoms with E-state index in [1.54, 1.807) is 0 Å². The molecule has 0 aromatic heterocycles. The molecule has 0 aliphatic rings. The topological polar surface area (TPSA) is 49.7 Å². The van der Waals surface area contributed by atoms with E-state index in [0.29, 0.717) is 5.75 Å². The lowest BCUT2D eigenvalue weighted by Crippen LogP contribution is -2.20. The molecule has 0 radical (unpaired) electrons. The van der Waals surface area contributed by atoms with Crippen molar-refractivity contribution in [3.8, 4) is 5.75 Å². The van der Waals surface area contributed by atoms with E-state index in [0.717, 1.165) is 0 Å². The third-order valence-electron chi connectivity index (χ3n) is 2.32. The van der Waals surface area contributed by atoms with Crippen LogP contribution < -0.4 is 4.74 Å². The molecule has 0 fully saturated rings. The molecule has 0 saturated heterocycles. The van der Waals surface area contributed by atoms with Crippen LogP contribution in [0.5, 0.6) is 5.75 Å². The SMILES string of the molecule is COc1cccc(F)c1C(O)C(O)CCS. The first-order valence-electron chi connectivity index (χ1n) is 4.91. The monoisotopic (exact) mass is 246 g/mol. The summed E-state index contributed by atoms with van der Waals surface area (Å²) in [7, 11) is 1.38. The molecule has 0 amide bonds. The van der Waals surface area contributed by atoms with Crippen LogP contribution in [-0.2, 0) is 0 Å². The van der Waals surface area contributed by atoms with Crippen molar-refractivity contribution in [3.05, 3.63) is 29.6 Å². The van der Waals surface area contributed by atoms with Gasteiger partial charge in [-0.25, -0.2) is 4.39 Å². The van der Waals surface area contributed by atoms with E-state index in [1.165, 1.54) is 25.3 Å². The van der Waals surface area contributed by atoms with Crippen LogP contribution in [-0.4, -0.2) is 29.2 Å². The lowest BCUT2D eigenvalue weighted by Gasteiger charge is -2.20. The van der Waals surface area contributed by atoms with Crippen LogP contribution in [0.3, 0.4) is 0 Å². The predicted molar refractivity (Wildman–Crippen MR) is 62.4 cm³/mol. The van der Waals surface area contributed by atoms with Crippen molar-refractivity contribution in [1.29, 1.82) is 0 Å². The fraction of sp³-hybridized carbons (Fsp3) is 0.455.